The molecule has 0 aromatic heterocycles. The summed E-state index contributed by atoms with van der Waals surface area (Å²) in [6.45, 7) is 2.54. The van der Waals surface area contributed by atoms with Crippen molar-refractivity contribution in [3.63, 3.8) is 0 Å². The van der Waals surface area contributed by atoms with E-state index < -0.39 is 27.5 Å². The molecule has 0 radical (unpaired) electrons. The Morgan fingerprint density at radius 1 is 1.12 bits per heavy atom. The molecule has 25 heavy (non-hydrogen) atoms. The lowest BCUT2D eigenvalue weighted by molar-refractivity contribution is -0.145. The number of piperazine rings is 1. The molecule has 1 amide bonds. The third kappa shape index (κ3) is 6.13. The summed E-state index contributed by atoms with van der Waals surface area (Å²) in [7, 11) is -1.67. The largest absolute Gasteiger partial charge is 0.481 e. The van der Waals surface area contributed by atoms with Crippen molar-refractivity contribution in [3.8, 4) is 0 Å². The van der Waals surface area contributed by atoms with Crippen LogP contribution in [0.5, 0.6) is 0 Å². The van der Waals surface area contributed by atoms with Crippen LogP contribution >= 0.6 is 0 Å². The van der Waals surface area contributed by atoms with E-state index in [-0.39, 0.29) is 18.1 Å². The third-order valence-corrected chi connectivity index (χ3v) is 5.99. The minimum absolute atomic E-state index is 0.222. The highest BCUT2D eigenvalue weighted by Crippen LogP contribution is 2.15. The molecule has 1 aromatic rings. The monoisotopic (exact) mass is 368 g/mol. The number of rotatable bonds is 7. The van der Waals surface area contributed by atoms with Crippen molar-refractivity contribution in [2.45, 2.75) is 12.2 Å². The quantitative estimate of drug-likeness (QED) is 0.752. The highest BCUT2D eigenvalue weighted by molar-refractivity contribution is 7.90. The molecule has 1 aromatic carbocycles. The number of carbonyl (C=O) groups excluding carboxylic acids is 1. The third-order valence-electron chi connectivity index (χ3n) is 4.31. The molecule has 2 rings (SSSR count). The number of carbonyl (C=O) groups is 2. The molecule has 1 aliphatic rings. The molecule has 1 unspecified atom stereocenters. The maximum Gasteiger partial charge on any atom is 0.308 e. The lowest BCUT2D eigenvalue weighted by atomic mass is 10.1. The molecule has 1 heterocycles. The molecule has 0 spiro atoms. The standard InChI is InChI=1S/C17H24N2O5S/c1-18-7-9-19(10-8-18)16(20)11-15(17(21)22)13-25(23,24)12-14-5-3-2-4-6-14/h2-6,15H,7-13H2,1H3,(H,21,22). The number of carboxylic acids is 1. The van der Waals surface area contributed by atoms with E-state index in [4.69, 9.17) is 0 Å². The SMILES string of the molecule is CN1CCN(C(=O)CC(CS(=O)(=O)Cc2ccccc2)C(=O)O)CC1. The smallest absolute Gasteiger partial charge is 0.308 e. The first-order valence-corrected chi connectivity index (χ1v) is 10.0. The number of benzene rings is 1. The zero-order valence-electron chi connectivity index (χ0n) is 14.3. The summed E-state index contributed by atoms with van der Waals surface area (Å²) in [6.07, 6.45) is -0.285. The van der Waals surface area contributed by atoms with Gasteiger partial charge >= 0.3 is 5.97 Å². The second kappa shape index (κ2) is 8.44. The van der Waals surface area contributed by atoms with Crippen LogP contribution in [0.1, 0.15) is 12.0 Å². The summed E-state index contributed by atoms with van der Waals surface area (Å²) in [4.78, 5) is 27.5. The van der Waals surface area contributed by atoms with Gasteiger partial charge in [0.25, 0.3) is 0 Å². The summed E-state index contributed by atoms with van der Waals surface area (Å²) in [6, 6.07) is 8.61. The summed E-state index contributed by atoms with van der Waals surface area (Å²) in [5.74, 6) is -3.52. The molecule has 1 fully saturated rings. The van der Waals surface area contributed by atoms with Crippen molar-refractivity contribution in [3.05, 3.63) is 35.9 Å². The maximum atomic E-state index is 12.3. The van der Waals surface area contributed by atoms with Crippen molar-refractivity contribution in [1.29, 1.82) is 0 Å². The van der Waals surface area contributed by atoms with E-state index >= 15 is 0 Å². The molecular formula is C17H24N2O5S. The number of nitrogens with zero attached hydrogens (tertiary/aromatic N) is 2. The lowest BCUT2D eigenvalue weighted by Gasteiger charge is -2.33. The normalized spacial score (nSPS) is 17.2. The molecule has 1 N–H and O–H groups in total. The van der Waals surface area contributed by atoms with Gasteiger partial charge in [-0.05, 0) is 12.6 Å². The fraction of sp³-hybridized carbons (Fsp3) is 0.529. The zero-order chi connectivity index (χ0) is 18.4. The number of hydrogen-bond acceptors (Lipinski definition) is 5. The molecule has 0 aliphatic carbocycles. The Hall–Kier alpha value is -1.93. The molecule has 138 valence electrons. The van der Waals surface area contributed by atoms with E-state index in [2.05, 4.69) is 4.90 Å². The highest BCUT2D eigenvalue weighted by Gasteiger charge is 2.30. The van der Waals surface area contributed by atoms with Gasteiger partial charge in [0.2, 0.25) is 5.91 Å². The van der Waals surface area contributed by atoms with Gasteiger partial charge in [-0.3, -0.25) is 9.59 Å². The van der Waals surface area contributed by atoms with Crippen LogP contribution in [0.25, 0.3) is 0 Å². The first-order valence-electron chi connectivity index (χ1n) is 8.20. The summed E-state index contributed by atoms with van der Waals surface area (Å²) >= 11 is 0. The minimum atomic E-state index is -3.62. The number of carboxylic acid groups (broad SMARTS) is 1. The molecule has 0 bridgehead atoms. The number of likely N-dealkylation sites (N-methyl/N-ethyl adjacent to an activating group) is 1. The van der Waals surface area contributed by atoms with Crippen LogP contribution in [0.15, 0.2) is 30.3 Å². The Morgan fingerprint density at radius 3 is 2.28 bits per heavy atom. The number of hydrogen-bond donors (Lipinski definition) is 1. The number of sulfone groups is 1. The minimum Gasteiger partial charge on any atom is -0.481 e. The van der Waals surface area contributed by atoms with E-state index in [1.54, 1.807) is 35.2 Å². The van der Waals surface area contributed by atoms with E-state index in [0.717, 1.165) is 13.1 Å². The summed E-state index contributed by atoms with van der Waals surface area (Å²) < 4.78 is 24.6. The van der Waals surface area contributed by atoms with Crippen LogP contribution in [-0.4, -0.2) is 74.2 Å². The Labute approximate surface area is 148 Å². The van der Waals surface area contributed by atoms with Crippen LogP contribution in [0.4, 0.5) is 0 Å². The first-order chi connectivity index (χ1) is 11.8. The Balaban J connectivity index is 1.98. The average Bonchev–Trinajstić information content (AvgIpc) is 2.55. The first kappa shape index (κ1) is 19.4. The second-order valence-corrected chi connectivity index (χ2v) is 8.57. The van der Waals surface area contributed by atoms with Crippen LogP contribution < -0.4 is 0 Å². The second-order valence-electron chi connectivity index (χ2n) is 6.46. The van der Waals surface area contributed by atoms with Crippen molar-refractivity contribution < 1.29 is 23.1 Å². The van der Waals surface area contributed by atoms with E-state index in [9.17, 15) is 23.1 Å². The molecule has 1 atom stereocenters. The van der Waals surface area contributed by atoms with Gasteiger partial charge in [-0.1, -0.05) is 30.3 Å². The van der Waals surface area contributed by atoms with Crippen molar-refractivity contribution in [2.24, 2.45) is 5.92 Å². The van der Waals surface area contributed by atoms with Gasteiger partial charge in [-0.15, -0.1) is 0 Å². The molecule has 8 heteroatoms. The molecule has 1 saturated heterocycles. The number of aliphatic carboxylic acids is 1. The summed E-state index contributed by atoms with van der Waals surface area (Å²) in [5.41, 5.74) is 0.608. The van der Waals surface area contributed by atoms with E-state index in [0.29, 0.717) is 18.7 Å². The molecule has 7 nitrogen and oxygen atoms in total. The van der Waals surface area contributed by atoms with E-state index in [1.165, 1.54) is 0 Å². The molecule has 1 aliphatic heterocycles. The van der Waals surface area contributed by atoms with Crippen molar-refractivity contribution in [1.82, 2.24) is 9.80 Å². The average molecular weight is 368 g/mol. The lowest BCUT2D eigenvalue weighted by Crippen LogP contribution is -2.48. The zero-order valence-corrected chi connectivity index (χ0v) is 15.1. The predicted molar refractivity (Wildman–Crippen MR) is 93.8 cm³/mol. The molecular weight excluding hydrogens is 344 g/mol. The summed E-state index contributed by atoms with van der Waals surface area (Å²) in [5, 5.41) is 9.35. The van der Waals surface area contributed by atoms with Gasteiger partial charge in [0.15, 0.2) is 9.84 Å². The molecule has 0 saturated carbocycles. The topological polar surface area (TPSA) is 95.0 Å². The van der Waals surface area contributed by atoms with Crippen molar-refractivity contribution >= 4 is 21.7 Å². The van der Waals surface area contributed by atoms with Crippen LogP contribution in [0, 0.1) is 5.92 Å². The van der Waals surface area contributed by atoms with Crippen LogP contribution in [0.3, 0.4) is 0 Å². The highest BCUT2D eigenvalue weighted by atomic mass is 32.2. The van der Waals surface area contributed by atoms with Gasteiger partial charge in [0.05, 0.1) is 17.4 Å². The van der Waals surface area contributed by atoms with E-state index in [1.807, 2.05) is 7.05 Å². The number of amides is 1. The van der Waals surface area contributed by atoms with Gasteiger partial charge in [0, 0.05) is 32.6 Å². The van der Waals surface area contributed by atoms with Gasteiger partial charge < -0.3 is 14.9 Å². The van der Waals surface area contributed by atoms with Gasteiger partial charge in [-0.2, -0.15) is 0 Å². The van der Waals surface area contributed by atoms with Gasteiger partial charge in [0.1, 0.15) is 0 Å². The Kier molecular flexibility index (Phi) is 6.55. The van der Waals surface area contributed by atoms with Crippen molar-refractivity contribution in [2.75, 3.05) is 39.0 Å². The van der Waals surface area contributed by atoms with Crippen LogP contribution in [-0.2, 0) is 25.2 Å². The van der Waals surface area contributed by atoms with Gasteiger partial charge in [-0.25, -0.2) is 8.42 Å². The maximum absolute atomic E-state index is 12.3. The van der Waals surface area contributed by atoms with Crippen LogP contribution in [0.2, 0.25) is 0 Å². The Bertz CT molecular complexity index is 697. The predicted octanol–water partition coefficient (Wildman–Crippen LogP) is 0.466. The fourth-order valence-corrected chi connectivity index (χ4v) is 4.50. The Morgan fingerprint density at radius 2 is 1.72 bits per heavy atom. The fourth-order valence-electron chi connectivity index (χ4n) is 2.81.